The van der Waals surface area contributed by atoms with Gasteiger partial charge in [0.2, 0.25) is 0 Å². The lowest BCUT2D eigenvalue weighted by molar-refractivity contribution is 0.281. The van der Waals surface area contributed by atoms with Crippen LogP contribution in [-0.2, 0) is 6.61 Å². The SMILES string of the molecule is CCCNC(C)c1ccccc1Oc1cccc(CO)c1. The Labute approximate surface area is 126 Å². The maximum absolute atomic E-state index is 9.20. The van der Waals surface area contributed by atoms with Crippen LogP contribution < -0.4 is 10.1 Å². The van der Waals surface area contributed by atoms with Gasteiger partial charge in [-0.25, -0.2) is 0 Å². The molecule has 0 saturated heterocycles. The quantitative estimate of drug-likeness (QED) is 0.807. The third-order valence-electron chi connectivity index (χ3n) is 3.39. The first kappa shape index (κ1) is 15.5. The molecule has 3 nitrogen and oxygen atoms in total. The standard InChI is InChI=1S/C18H23NO2/c1-3-11-19-14(2)17-9-4-5-10-18(17)21-16-8-6-7-15(12-16)13-20/h4-10,12,14,19-20H,3,11,13H2,1-2H3. The Kier molecular flexibility index (Phi) is 5.78. The number of para-hydroxylation sites is 1. The normalized spacial score (nSPS) is 12.1. The monoisotopic (exact) mass is 285 g/mol. The summed E-state index contributed by atoms with van der Waals surface area (Å²) in [7, 11) is 0. The van der Waals surface area contributed by atoms with Gasteiger partial charge in [-0.3, -0.25) is 0 Å². The number of rotatable bonds is 7. The highest BCUT2D eigenvalue weighted by molar-refractivity contribution is 5.40. The van der Waals surface area contributed by atoms with E-state index in [1.807, 2.05) is 42.5 Å². The molecule has 0 aliphatic carbocycles. The van der Waals surface area contributed by atoms with Crippen LogP contribution in [0.15, 0.2) is 48.5 Å². The number of hydrogen-bond donors (Lipinski definition) is 2. The Balaban J connectivity index is 2.19. The van der Waals surface area contributed by atoms with Gasteiger partial charge in [-0.2, -0.15) is 0 Å². The van der Waals surface area contributed by atoms with Crippen molar-refractivity contribution < 1.29 is 9.84 Å². The van der Waals surface area contributed by atoms with E-state index in [0.29, 0.717) is 0 Å². The number of ether oxygens (including phenoxy) is 1. The molecule has 112 valence electrons. The fraction of sp³-hybridized carbons (Fsp3) is 0.333. The molecule has 2 rings (SSSR count). The van der Waals surface area contributed by atoms with E-state index in [4.69, 9.17) is 4.74 Å². The zero-order chi connectivity index (χ0) is 15.1. The fourth-order valence-electron chi connectivity index (χ4n) is 2.24. The van der Waals surface area contributed by atoms with Crippen molar-refractivity contribution in [2.75, 3.05) is 6.54 Å². The molecule has 0 aliphatic rings. The molecule has 0 heterocycles. The summed E-state index contributed by atoms with van der Waals surface area (Å²) in [6, 6.07) is 15.8. The Morgan fingerprint density at radius 2 is 1.95 bits per heavy atom. The van der Waals surface area contributed by atoms with Gasteiger partial charge in [0.15, 0.2) is 0 Å². The maximum Gasteiger partial charge on any atom is 0.132 e. The minimum atomic E-state index is 0.0211. The molecule has 0 fully saturated rings. The van der Waals surface area contributed by atoms with E-state index in [1.54, 1.807) is 0 Å². The molecular weight excluding hydrogens is 262 g/mol. The van der Waals surface area contributed by atoms with Crippen LogP contribution in [0.4, 0.5) is 0 Å². The third-order valence-corrected chi connectivity index (χ3v) is 3.39. The Morgan fingerprint density at radius 1 is 1.14 bits per heavy atom. The molecule has 0 amide bonds. The molecule has 1 atom stereocenters. The zero-order valence-corrected chi connectivity index (χ0v) is 12.7. The van der Waals surface area contributed by atoms with Crippen LogP contribution in [0.1, 0.15) is 37.4 Å². The second-order valence-electron chi connectivity index (χ2n) is 5.12. The predicted octanol–water partition coefficient (Wildman–Crippen LogP) is 4.03. The molecule has 0 aliphatic heterocycles. The van der Waals surface area contributed by atoms with Gasteiger partial charge in [-0.15, -0.1) is 0 Å². The Bertz CT molecular complexity index is 569. The summed E-state index contributed by atoms with van der Waals surface area (Å²) in [5.74, 6) is 1.60. The van der Waals surface area contributed by atoms with Crippen molar-refractivity contribution in [3.8, 4) is 11.5 Å². The molecule has 0 spiro atoms. The largest absolute Gasteiger partial charge is 0.457 e. The maximum atomic E-state index is 9.20. The summed E-state index contributed by atoms with van der Waals surface area (Å²) in [5.41, 5.74) is 1.99. The summed E-state index contributed by atoms with van der Waals surface area (Å²) < 4.78 is 6.00. The number of nitrogens with one attached hydrogen (secondary N) is 1. The molecule has 2 aromatic carbocycles. The van der Waals surface area contributed by atoms with E-state index in [2.05, 4.69) is 25.2 Å². The first-order chi connectivity index (χ1) is 10.2. The van der Waals surface area contributed by atoms with E-state index < -0.39 is 0 Å². The van der Waals surface area contributed by atoms with Crippen molar-refractivity contribution in [2.45, 2.75) is 32.9 Å². The Hall–Kier alpha value is -1.84. The molecule has 2 aromatic rings. The molecule has 0 saturated carbocycles. The van der Waals surface area contributed by atoms with Gasteiger partial charge in [-0.1, -0.05) is 37.3 Å². The van der Waals surface area contributed by atoms with Crippen LogP contribution in [0, 0.1) is 0 Å². The van der Waals surface area contributed by atoms with Crippen LogP contribution in [0.25, 0.3) is 0 Å². The van der Waals surface area contributed by atoms with Gasteiger partial charge in [0.1, 0.15) is 11.5 Å². The van der Waals surface area contributed by atoms with Crippen molar-refractivity contribution in [3.63, 3.8) is 0 Å². The van der Waals surface area contributed by atoms with Gasteiger partial charge >= 0.3 is 0 Å². The molecule has 3 heteroatoms. The van der Waals surface area contributed by atoms with E-state index in [0.717, 1.165) is 35.6 Å². The van der Waals surface area contributed by atoms with Crippen LogP contribution in [0.3, 0.4) is 0 Å². The first-order valence-corrected chi connectivity index (χ1v) is 7.44. The summed E-state index contributed by atoms with van der Waals surface area (Å²) in [4.78, 5) is 0. The summed E-state index contributed by atoms with van der Waals surface area (Å²) in [5, 5.41) is 12.7. The number of benzene rings is 2. The summed E-state index contributed by atoms with van der Waals surface area (Å²) in [6.45, 7) is 5.30. The molecule has 0 bridgehead atoms. The molecule has 0 radical (unpaired) electrons. The number of hydrogen-bond acceptors (Lipinski definition) is 3. The van der Waals surface area contributed by atoms with E-state index in [1.165, 1.54) is 0 Å². The molecular formula is C18H23NO2. The zero-order valence-electron chi connectivity index (χ0n) is 12.7. The van der Waals surface area contributed by atoms with Crippen molar-refractivity contribution >= 4 is 0 Å². The molecule has 1 unspecified atom stereocenters. The van der Waals surface area contributed by atoms with E-state index >= 15 is 0 Å². The van der Waals surface area contributed by atoms with Gasteiger partial charge in [0.25, 0.3) is 0 Å². The Morgan fingerprint density at radius 3 is 2.71 bits per heavy atom. The lowest BCUT2D eigenvalue weighted by Gasteiger charge is -2.18. The van der Waals surface area contributed by atoms with Gasteiger partial charge in [0.05, 0.1) is 6.61 Å². The topological polar surface area (TPSA) is 41.5 Å². The second kappa shape index (κ2) is 7.81. The smallest absolute Gasteiger partial charge is 0.132 e. The van der Waals surface area contributed by atoms with Crippen LogP contribution >= 0.6 is 0 Å². The highest BCUT2D eigenvalue weighted by atomic mass is 16.5. The van der Waals surface area contributed by atoms with Gasteiger partial charge in [-0.05, 0) is 43.7 Å². The number of aliphatic hydroxyl groups excluding tert-OH is 1. The lowest BCUT2D eigenvalue weighted by atomic mass is 10.1. The highest BCUT2D eigenvalue weighted by Crippen LogP contribution is 2.29. The number of aliphatic hydroxyl groups is 1. The minimum Gasteiger partial charge on any atom is -0.457 e. The van der Waals surface area contributed by atoms with Crippen LogP contribution in [-0.4, -0.2) is 11.7 Å². The van der Waals surface area contributed by atoms with Crippen LogP contribution in [0.5, 0.6) is 11.5 Å². The van der Waals surface area contributed by atoms with Crippen molar-refractivity contribution in [2.24, 2.45) is 0 Å². The van der Waals surface area contributed by atoms with Crippen molar-refractivity contribution in [3.05, 3.63) is 59.7 Å². The average molecular weight is 285 g/mol. The summed E-state index contributed by atoms with van der Waals surface area (Å²) >= 11 is 0. The summed E-state index contributed by atoms with van der Waals surface area (Å²) in [6.07, 6.45) is 1.10. The van der Waals surface area contributed by atoms with Gasteiger partial charge < -0.3 is 15.2 Å². The average Bonchev–Trinajstić information content (AvgIpc) is 2.53. The highest BCUT2D eigenvalue weighted by Gasteiger charge is 2.11. The van der Waals surface area contributed by atoms with E-state index in [9.17, 15) is 5.11 Å². The van der Waals surface area contributed by atoms with Gasteiger partial charge in [0, 0.05) is 11.6 Å². The second-order valence-corrected chi connectivity index (χ2v) is 5.12. The van der Waals surface area contributed by atoms with Crippen molar-refractivity contribution in [1.29, 1.82) is 0 Å². The predicted molar refractivity (Wildman–Crippen MR) is 85.6 cm³/mol. The molecule has 0 aromatic heterocycles. The van der Waals surface area contributed by atoms with Crippen LogP contribution in [0.2, 0.25) is 0 Å². The lowest BCUT2D eigenvalue weighted by Crippen LogP contribution is -2.19. The third kappa shape index (κ3) is 4.31. The fourth-order valence-corrected chi connectivity index (χ4v) is 2.24. The molecule has 21 heavy (non-hydrogen) atoms. The van der Waals surface area contributed by atoms with Crippen molar-refractivity contribution in [1.82, 2.24) is 5.32 Å². The first-order valence-electron chi connectivity index (χ1n) is 7.44. The molecule has 2 N–H and O–H groups in total. The van der Waals surface area contributed by atoms with E-state index in [-0.39, 0.29) is 12.6 Å². The minimum absolute atomic E-state index is 0.0211.